The van der Waals surface area contributed by atoms with Crippen LogP contribution < -0.4 is 4.72 Å². The number of sulfonamides is 1. The molecule has 0 aromatic heterocycles. The predicted octanol–water partition coefficient (Wildman–Crippen LogP) is 2.57. The molecule has 0 fully saturated rings. The highest BCUT2D eigenvalue weighted by atomic mass is 32.2. The highest BCUT2D eigenvalue weighted by Crippen LogP contribution is 2.21. The van der Waals surface area contributed by atoms with Gasteiger partial charge in [-0.1, -0.05) is 56.3 Å². The maximum absolute atomic E-state index is 13.1. The van der Waals surface area contributed by atoms with Crippen LogP contribution in [0.3, 0.4) is 0 Å². The van der Waals surface area contributed by atoms with E-state index in [9.17, 15) is 13.2 Å². The minimum atomic E-state index is -3.75. The molecule has 1 heterocycles. The monoisotopic (exact) mass is 372 g/mol. The minimum Gasteiger partial charge on any atom is -0.337 e. The molecule has 2 aromatic rings. The van der Waals surface area contributed by atoms with E-state index in [0.717, 1.165) is 12.0 Å². The fourth-order valence-corrected chi connectivity index (χ4v) is 4.55. The molecule has 1 aliphatic rings. The van der Waals surface area contributed by atoms with Crippen molar-refractivity contribution in [2.45, 2.75) is 37.8 Å². The number of fused-ring (bicyclic) bond motifs is 1. The molecule has 1 N–H and O–H groups in total. The van der Waals surface area contributed by atoms with Crippen LogP contribution in [0, 0.1) is 5.92 Å². The van der Waals surface area contributed by atoms with Crippen LogP contribution in [0.5, 0.6) is 0 Å². The topological polar surface area (TPSA) is 66.5 Å². The predicted molar refractivity (Wildman–Crippen MR) is 101 cm³/mol. The molecule has 138 valence electrons. The van der Waals surface area contributed by atoms with Gasteiger partial charge in [0.15, 0.2) is 0 Å². The summed E-state index contributed by atoms with van der Waals surface area (Å²) < 4.78 is 27.9. The normalized spacial score (nSPS) is 15.6. The summed E-state index contributed by atoms with van der Waals surface area (Å²) in [6.45, 7) is 4.83. The zero-order valence-corrected chi connectivity index (χ0v) is 15.9. The first-order chi connectivity index (χ1) is 12.4. The van der Waals surface area contributed by atoms with Crippen LogP contribution in [0.1, 0.15) is 25.0 Å². The maximum atomic E-state index is 13.1. The van der Waals surface area contributed by atoms with Gasteiger partial charge in [0, 0.05) is 13.1 Å². The molecule has 1 aliphatic heterocycles. The minimum absolute atomic E-state index is 0.154. The Hall–Kier alpha value is -2.18. The van der Waals surface area contributed by atoms with Crippen molar-refractivity contribution < 1.29 is 13.2 Å². The molecule has 5 nitrogen and oxygen atoms in total. The SMILES string of the molecule is CC(C)[C@H](NS(=O)(=O)c1ccccc1)C(=O)N1CCc2ccccc2C1. The second-order valence-corrected chi connectivity index (χ2v) is 8.65. The Labute approximate surface area is 155 Å². The molecule has 6 heteroatoms. The van der Waals surface area contributed by atoms with Gasteiger partial charge in [-0.25, -0.2) is 8.42 Å². The molecule has 0 saturated carbocycles. The van der Waals surface area contributed by atoms with Gasteiger partial charge in [0.05, 0.1) is 4.90 Å². The van der Waals surface area contributed by atoms with E-state index in [4.69, 9.17) is 0 Å². The van der Waals surface area contributed by atoms with E-state index in [0.29, 0.717) is 13.1 Å². The number of benzene rings is 2. The van der Waals surface area contributed by atoms with E-state index in [1.54, 1.807) is 23.1 Å². The molecule has 0 unspecified atom stereocenters. The summed E-state index contributed by atoms with van der Waals surface area (Å²) in [5.41, 5.74) is 2.38. The van der Waals surface area contributed by atoms with E-state index in [1.165, 1.54) is 17.7 Å². The van der Waals surface area contributed by atoms with Crippen molar-refractivity contribution >= 4 is 15.9 Å². The number of hydrogen-bond acceptors (Lipinski definition) is 3. The molecule has 0 radical (unpaired) electrons. The van der Waals surface area contributed by atoms with Gasteiger partial charge in [-0.05, 0) is 35.6 Å². The van der Waals surface area contributed by atoms with Crippen molar-refractivity contribution in [2.24, 2.45) is 5.92 Å². The van der Waals surface area contributed by atoms with E-state index < -0.39 is 16.1 Å². The molecule has 0 aliphatic carbocycles. The van der Waals surface area contributed by atoms with Gasteiger partial charge in [-0.3, -0.25) is 4.79 Å². The highest BCUT2D eigenvalue weighted by Gasteiger charge is 2.32. The lowest BCUT2D eigenvalue weighted by Gasteiger charge is -2.33. The Morgan fingerprint density at radius 2 is 1.62 bits per heavy atom. The van der Waals surface area contributed by atoms with E-state index in [1.807, 2.05) is 32.0 Å². The Kier molecular flexibility index (Phi) is 5.44. The smallest absolute Gasteiger partial charge is 0.241 e. The summed E-state index contributed by atoms with van der Waals surface area (Å²) in [6.07, 6.45) is 0.790. The maximum Gasteiger partial charge on any atom is 0.241 e. The lowest BCUT2D eigenvalue weighted by Crippen LogP contribution is -2.52. The van der Waals surface area contributed by atoms with Crippen LogP contribution in [0.15, 0.2) is 59.5 Å². The van der Waals surface area contributed by atoms with E-state index in [-0.39, 0.29) is 16.7 Å². The molecule has 0 bridgehead atoms. The van der Waals surface area contributed by atoms with Crippen LogP contribution in [0.2, 0.25) is 0 Å². The Morgan fingerprint density at radius 3 is 2.27 bits per heavy atom. The van der Waals surface area contributed by atoms with Gasteiger partial charge < -0.3 is 4.90 Å². The van der Waals surface area contributed by atoms with Crippen LogP contribution >= 0.6 is 0 Å². The molecule has 3 rings (SSSR count). The fourth-order valence-electron chi connectivity index (χ4n) is 3.19. The second kappa shape index (κ2) is 7.60. The van der Waals surface area contributed by atoms with Gasteiger partial charge in [0.1, 0.15) is 6.04 Å². The van der Waals surface area contributed by atoms with Crippen molar-refractivity contribution in [1.29, 1.82) is 0 Å². The van der Waals surface area contributed by atoms with Crippen LogP contribution in [-0.4, -0.2) is 31.8 Å². The summed E-state index contributed by atoms with van der Waals surface area (Å²) in [5.74, 6) is -0.327. The standard InChI is InChI=1S/C20H24N2O3S/c1-15(2)19(21-26(24,25)18-10-4-3-5-11-18)20(23)22-13-12-16-8-6-7-9-17(16)14-22/h3-11,15,19,21H,12-14H2,1-2H3/t19-/m0/s1. The van der Waals surface area contributed by atoms with Crippen LogP contribution in [-0.2, 0) is 27.8 Å². The number of rotatable bonds is 5. The molecule has 0 saturated heterocycles. The van der Waals surface area contributed by atoms with Gasteiger partial charge in [-0.2, -0.15) is 4.72 Å². The summed E-state index contributed by atoms with van der Waals surface area (Å²) in [7, 11) is -3.75. The highest BCUT2D eigenvalue weighted by molar-refractivity contribution is 7.89. The zero-order chi connectivity index (χ0) is 18.7. The number of carbonyl (C=O) groups excluding carboxylic acids is 1. The van der Waals surface area contributed by atoms with Gasteiger partial charge in [0.2, 0.25) is 15.9 Å². The first-order valence-electron chi connectivity index (χ1n) is 8.81. The number of nitrogens with one attached hydrogen (secondary N) is 1. The second-order valence-electron chi connectivity index (χ2n) is 6.93. The molecule has 0 spiro atoms. The van der Waals surface area contributed by atoms with Crippen molar-refractivity contribution in [1.82, 2.24) is 9.62 Å². The van der Waals surface area contributed by atoms with Gasteiger partial charge >= 0.3 is 0 Å². The fraction of sp³-hybridized carbons (Fsp3) is 0.350. The van der Waals surface area contributed by atoms with E-state index in [2.05, 4.69) is 10.8 Å². The Morgan fingerprint density at radius 1 is 1.00 bits per heavy atom. The summed E-state index contributed by atoms with van der Waals surface area (Å²) in [5, 5.41) is 0. The molecule has 1 amide bonds. The Balaban J connectivity index is 1.79. The quantitative estimate of drug-likeness (QED) is 0.877. The lowest BCUT2D eigenvalue weighted by atomic mass is 9.97. The number of nitrogens with zero attached hydrogens (tertiary/aromatic N) is 1. The van der Waals surface area contributed by atoms with E-state index >= 15 is 0 Å². The molecular formula is C20H24N2O3S. The molecular weight excluding hydrogens is 348 g/mol. The van der Waals surface area contributed by atoms with Crippen LogP contribution in [0.4, 0.5) is 0 Å². The Bertz CT molecular complexity index is 879. The molecule has 2 aromatic carbocycles. The van der Waals surface area contributed by atoms with Crippen molar-refractivity contribution in [3.8, 4) is 0 Å². The van der Waals surface area contributed by atoms with Gasteiger partial charge in [-0.15, -0.1) is 0 Å². The third-order valence-corrected chi connectivity index (χ3v) is 6.17. The third kappa shape index (κ3) is 3.97. The first kappa shape index (κ1) is 18.6. The van der Waals surface area contributed by atoms with Crippen molar-refractivity contribution in [2.75, 3.05) is 6.54 Å². The summed E-state index contributed by atoms with van der Waals surface area (Å²) >= 11 is 0. The largest absolute Gasteiger partial charge is 0.337 e. The zero-order valence-electron chi connectivity index (χ0n) is 15.1. The van der Waals surface area contributed by atoms with Gasteiger partial charge in [0.25, 0.3) is 0 Å². The number of carbonyl (C=O) groups is 1. The van der Waals surface area contributed by atoms with Crippen molar-refractivity contribution in [3.05, 3.63) is 65.7 Å². The summed E-state index contributed by atoms with van der Waals surface area (Å²) in [6, 6.07) is 15.4. The number of amides is 1. The molecule has 1 atom stereocenters. The first-order valence-corrected chi connectivity index (χ1v) is 10.3. The summed E-state index contributed by atoms with van der Waals surface area (Å²) in [4.78, 5) is 15.0. The average molecular weight is 372 g/mol. The van der Waals surface area contributed by atoms with Crippen LogP contribution in [0.25, 0.3) is 0 Å². The average Bonchev–Trinajstić information content (AvgIpc) is 2.65. The van der Waals surface area contributed by atoms with Crippen molar-refractivity contribution in [3.63, 3.8) is 0 Å². The molecule has 26 heavy (non-hydrogen) atoms. The third-order valence-electron chi connectivity index (χ3n) is 4.71. The number of hydrogen-bond donors (Lipinski definition) is 1. The lowest BCUT2D eigenvalue weighted by molar-refractivity contribution is -0.135.